The molecule has 2 aliphatic heterocycles. The molecule has 1 saturated heterocycles. The number of fused-ring (bicyclic) bond motifs is 3. The summed E-state index contributed by atoms with van der Waals surface area (Å²) >= 11 is 0. The summed E-state index contributed by atoms with van der Waals surface area (Å²) in [6.45, 7) is 0.598. The van der Waals surface area contributed by atoms with Gasteiger partial charge in [-0.15, -0.1) is 0 Å². The summed E-state index contributed by atoms with van der Waals surface area (Å²) in [6, 6.07) is 13.8. The minimum atomic E-state index is -0.286. The van der Waals surface area contributed by atoms with Gasteiger partial charge in [-0.3, -0.25) is 9.59 Å². The van der Waals surface area contributed by atoms with Gasteiger partial charge >= 0.3 is 0 Å². The third kappa shape index (κ3) is 3.14. The maximum absolute atomic E-state index is 13.6. The summed E-state index contributed by atoms with van der Waals surface area (Å²) in [6.07, 6.45) is 1.16. The van der Waals surface area contributed by atoms with Crippen molar-refractivity contribution < 1.29 is 14.0 Å². The SMILES string of the molecule is O=C(CCc1ccccc1F)NC1CC2C(=O)Nc3ccccc3N2C1. The minimum absolute atomic E-state index is 0.0354. The maximum atomic E-state index is 13.6. The lowest BCUT2D eigenvalue weighted by molar-refractivity contribution is -0.122. The van der Waals surface area contributed by atoms with Gasteiger partial charge in [-0.25, -0.2) is 4.39 Å². The lowest BCUT2D eigenvalue weighted by Crippen LogP contribution is -2.44. The molecule has 0 aliphatic carbocycles. The molecule has 6 heteroatoms. The number of hydrogen-bond donors (Lipinski definition) is 2. The summed E-state index contributed by atoms with van der Waals surface area (Å²) in [5.74, 6) is -0.440. The molecular formula is C20H20FN3O2. The Bertz CT molecular complexity index is 854. The summed E-state index contributed by atoms with van der Waals surface area (Å²) in [4.78, 5) is 26.6. The average molecular weight is 353 g/mol. The number of nitrogens with one attached hydrogen (secondary N) is 2. The Morgan fingerprint density at radius 3 is 2.81 bits per heavy atom. The van der Waals surface area contributed by atoms with Gasteiger partial charge in [-0.2, -0.15) is 0 Å². The van der Waals surface area contributed by atoms with Crippen LogP contribution in [0.1, 0.15) is 18.4 Å². The lowest BCUT2D eigenvalue weighted by Gasteiger charge is -2.32. The van der Waals surface area contributed by atoms with Gasteiger partial charge in [0.1, 0.15) is 11.9 Å². The van der Waals surface area contributed by atoms with Crippen LogP contribution in [0.3, 0.4) is 0 Å². The van der Waals surface area contributed by atoms with E-state index in [2.05, 4.69) is 15.5 Å². The molecule has 2 amide bonds. The highest BCUT2D eigenvalue weighted by Crippen LogP contribution is 2.36. The third-order valence-corrected chi connectivity index (χ3v) is 5.02. The van der Waals surface area contributed by atoms with E-state index in [9.17, 15) is 14.0 Å². The van der Waals surface area contributed by atoms with Crippen LogP contribution in [0.15, 0.2) is 48.5 Å². The van der Waals surface area contributed by atoms with Crippen LogP contribution < -0.4 is 15.5 Å². The van der Waals surface area contributed by atoms with Crippen molar-refractivity contribution in [1.29, 1.82) is 0 Å². The Labute approximate surface area is 151 Å². The topological polar surface area (TPSA) is 61.4 Å². The van der Waals surface area contributed by atoms with E-state index in [1.165, 1.54) is 6.07 Å². The quantitative estimate of drug-likeness (QED) is 0.888. The second kappa shape index (κ2) is 6.78. The van der Waals surface area contributed by atoms with Gasteiger partial charge in [-0.05, 0) is 36.6 Å². The second-order valence-corrected chi connectivity index (χ2v) is 6.77. The van der Waals surface area contributed by atoms with Crippen LogP contribution in [0.2, 0.25) is 0 Å². The first-order valence-electron chi connectivity index (χ1n) is 8.81. The van der Waals surface area contributed by atoms with E-state index in [-0.39, 0.29) is 36.1 Å². The van der Waals surface area contributed by atoms with Crippen molar-refractivity contribution in [2.75, 3.05) is 16.8 Å². The molecule has 2 heterocycles. The first-order valence-corrected chi connectivity index (χ1v) is 8.81. The van der Waals surface area contributed by atoms with Gasteiger partial charge in [0.25, 0.3) is 0 Å². The Kier molecular flexibility index (Phi) is 4.32. The number of benzene rings is 2. The molecule has 0 spiro atoms. The number of nitrogens with zero attached hydrogens (tertiary/aromatic N) is 1. The molecule has 0 bridgehead atoms. The number of carbonyl (C=O) groups excluding carboxylic acids is 2. The zero-order chi connectivity index (χ0) is 18.1. The molecule has 2 atom stereocenters. The summed E-state index contributed by atoms with van der Waals surface area (Å²) in [5.41, 5.74) is 2.33. The highest BCUT2D eigenvalue weighted by atomic mass is 19.1. The molecular weight excluding hydrogens is 333 g/mol. The number of amides is 2. The maximum Gasteiger partial charge on any atom is 0.247 e. The van der Waals surface area contributed by atoms with Crippen LogP contribution in [-0.4, -0.2) is 30.4 Å². The van der Waals surface area contributed by atoms with Crippen LogP contribution in [0, 0.1) is 5.82 Å². The fraction of sp³-hybridized carbons (Fsp3) is 0.300. The summed E-state index contributed by atoms with van der Waals surface area (Å²) in [7, 11) is 0. The van der Waals surface area contributed by atoms with Crippen molar-refractivity contribution >= 4 is 23.2 Å². The second-order valence-electron chi connectivity index (χ2n) is 6.77. The standard InChI is InChI=1S/C20H20FN3O2/c21-15-6-2-1-5-13(15)9-10-19(25)22-14-11-18-20(26)23-16-7-3-4-8-17(16)24(18)12-14/h1-8,14,18H,9-12H2,(H,22,25)(H,23,26). The minimum Gasteiger partial charge on any atom is -0.356 e. The van der Waals surface area contributed by atoms with Gasteiger partial charge in [0.2, 0.25) is 11.8 Å². The first-order chi connectivity index (χ1) is 12.6. The largest absolute Gasteiger partial charge is 0.356 e. The van der Waals surface area contributed by atoms with Crippen LogP contribution in [0.4, 0.5) is 15.8 Å². The molecule has 0 saturated carbocycles. The van der Waals surface area contributed by atoms with Gasteiger partial charge in [0.15, 0.2) is 0 Å². The Morgan fingerprint density at radius 1 is 1.19 bits per heavy atom. The zero-order valence-electron chi connectivity index (χ0n) is 14.2. The highest BCUT2D eigenvalue weighted by molar-refractivity contribution is 6.04. The van der Waals surface area contributed by atoms with Crippen molar-refractivity contribution in [3.05, 3.63) is 59.9 Å². The molecule has 2 aromatic rings. The molecule has 1 fully saturated rings. The third-order valence-electron chi connectivity index (χ3n) is 5.02. The molecule has 134 valence electrons. The number of halogens is 1. The Balaban J connectivity index is 1.38. The number of hydrogen-bond acceptors (Lipinski definition) is 3. The van der Waals surface area contributed by atoms with E-state index in [0.29, 0.717) is 24.9 Å². The Morgan fingerprint density at radius 2 is 1.96 bits per heavy atom. The van der Waals surface area contributed by atoms with Gasteiger partial charge in [0.05, 0.1) is 11.4 Å². The van der Waals surface area contributed by atoms with Crippen LogP contribution >= 0.6 is 0 Å². The van der Waals surface area contributed by atoms with Crippen LogP contribution in [0.5, 0.6) is 0 Å². The normalized spacial score (nSPS) is 21.0. The zero-order valence-corrected chi connectivity index (χ0v) is 14.2. The molecule has 5 nitrogen and oxygen atoms in total. The number of aryl methyl sites for hydroxylation is 1. The van der Waals surface area contributed by atoms with Gasteiger partial charge in [0, 0.05) is 19.0 Å². The molecule has 2 aliphatic rings. The van der Waals surface area contributed by atoms with Crippen LogP contribution in [-0.2, 0) is 16.0 Å². The highest BCUT2D eigenvalue weighted by Gasteiger charge is 2.41. The van der Waals surface area contributed by atoms with E-state index in [0.717, 1.165) is 11.4 Å². The van der Waals surface area contributed by atoms with E-state index in [1.807, 2.05) is 24.3 Å². The molecule has 0 aromatic heterocycles. The number of anilines is 2. The van der Waals surface area contributed by atoms with E-state index < -0.39 is 0 Å². The lowest BCUT2D eigenvalue weighted by atomic mass is 10.1. The number of carbonyl (C=O) groups is 2. The molecule has 0 radical (unpaired) electrons. The van der Waals surface area contributed by atoms with E-state index in [4.69, 9.17) is 0 Å². The molecule has 2 unspecified atom stereocenters. The molecule has 26 heavy (non-hydrogen) atoms. The monoisotopic (exact) mass is 353 g/mol. The van der Waals surface area contributed by atoms with Crippen molar-refractivity contribution in [3.8, 4) is 0 Å². The Hall–Kier alpha value is -2.89. The smallest absolute Gasteiger partial charge is 0.247 e. The van der Waals surface area contributed by atoms with Crippen molar-refractivity contribution in [2.45, 2.75) is 31.3 Å². The van der Waals surface area contributed by atoms with E-state index in [1.54, 1.807) is 18.2 Å². The first kappa shape index (κ1) is 16.6. The molecule has 2 N–H and O–H groups in total. The van der Waals surface area contributed by atoms with Crippen molar-refractivity contribution in [1.82, 2.24) is 5.32 Å². The summed E-state index contributed by atoms with van der Waals surface area (Å²) < 4.78 is 13.6. The molecule has 2 aromatic carbocycles. The van der Waals surface area contributed by atoms with Crippen LogP contribution in [0.25, 0.3) is 0 Å². The fourth-order valence-electron chi connectivity index (χ4n) is 3.75. The van der Waals surface area contributed by atoms with Crippen molar-refractivity contribution in [3.63, 3.8) is 0 Å². The fourth-order valence-corrected chi connectivity index (χ4v) is 3.75. The van der Waals surface area contributed by atoms with Gasteiger partial charge < -0.3 is 15.5 Å². The van der Waals surface area contributed by atoms with Gasteiger partial charge in [-0.1, -0.05) is 30.3 Å². The number of rotatable bonds is 4. The average Bonchev–Trinajstić information content (AvgIpc) is 3.06. The predicted octanol–water partition coefficient (Wildman–Crippen LogP) is 2.47. The molecule has 4 rings (SSSR count). The van der Waals surface area contributed by atoms with E-state index >= 15 is 0 Å². The number of para-hydroxylation sites is 2. The predicted molar refractivity (Wildman–Crippen MR) is 97.5 cm³/mol. The van der Waals surface area contributed by atoms with Crippen molar-refractivity contribution in [2.24, 2.45) is 0 Å². The summed E-state index contributed by atoms with van der Waals surface area (Å²) in [5, 5.41) is 5.92.